The summed E-state index contributed by atoms with van der Waals surface area (Å²) in [7, 11) is 0. The Morgan fingerprint density at radius 3 is 2.75 bits per heavy atom. The molecule has 1 amide bonds. The molecule has 1 aromatic carbocycles. The number of nitrogens with zero attached hydrogens (tertiary/aromatic N) is 4. The van der Waals surface area contributed by atoms with E-state index in [1.54, 1.807) is 17.3 Å². The minimum absolute atomic E-state index is 0.0342. The van der Waals surface area contributed by atoms with E-state index in [-0.39, 0.29) is 11.8 Å². The van der Waals surface area contributed by atoms with E-state index < -0.39 is 6.04 Å². The zero-order valence-electron chi connectivity index (χ0n) is 15.2. The first-order valence-electron chi connectivity index (χ1n) is 9.13. The van der Waals surface area contributed by atoms with Crippen LogP contribution in [0.15, 0.2) is 57.8 Å². The van der Waals surface area contributed by atoms with Crippen molar-refractivity contribution in [1.82, 2.24) is 20.0 Å². The molecule has 144 valence electrons. The summed E-state index contributed by atoms with van der Waals surface area (Å²) in [6, 6.07) is 11.0. The van der Waals surface area contributed by atoms with Gasteiger partial charge in [-0.05, 0) is 42.7 Å². The molecule has 0 radical (unpaired) electrons. The first-order chi connectivity index (χ1) is 13.6. The normalized spacial score (nSPS) is 17.6. The smallest absolute Gasteiger partial charge is 0.239 e. The van der Waals surface area contributed by atoms with E-state index in [1.165, 1.54) is 0 Å². The van der Waals surface area contributed by atoms with Crippen LogP contribution in [0, 0.1) is 0 Å². The van der Waals surface area contributed by atoms with Crippen LogP contribution in [-0.4, -0.2) is 45.1 Å². The highest BCUT2D eigenvalue weighted by molar-refractivity contribution is 9.10. The number of hydrogen-bond donors (Lipinski definition) is 1. The third kappa shape index (κ3) is 4.13. The summed E-state index contributed by atoms with van der Waals surface area (Å²) in [4.78, 5) is 23.0. The summed E-state index contributed by atoms with van der Waals surface area (Å²) in [5.74, 6) is 1.09. The first kappa shape index (κ1) is 18.8. The Labute approximate surface area is 171 Å². The molecule has 7 nitrogen and oxygen atoms in total. The Bertz CT molecular complexity index is 945. The number of hydrogen-bond acceptors (Lipinski definition) is 6. The fourth-order valence-electron chi connectivity index (χ4n) is 3.38. The summed E-state index contributed by atoms with van der Waals surface area (Å²) in [5, 5.41) is 4.05. The number of carbonyl (C=O) groups is 1. The summed E-state index contributed by atoms with van der Waals surface area (Å²) in [5.41, 5.74) is 8.07. The maximum absolute atomic E-state index is 12.7. The highest BCUT2D eigenvalue weighted by atomic mass is 79.9. The quantitative estimate of drug-likeness (QED) is 0.653. The van der Waals surface area contributed by atoms with Crippen LogP contribution < -0.4 is 5.73 Å². The van der Waals surface area contributed by atoms with Crippen LogP contribution in [0.2, 0.25) is 0 Å². The van der Waals surface area contributed by atoms with E-state index in [0.717, 1.165) is 22.0 Å². The van der Waals surface area contributed by atoms with E-state index in [2.05, 4.69) is 31.1 Å². The van der Waals surface area contributed by atoms with Crippen molar-refractivity contribution in [3.8, 4) is 11.4 Å². The van der Waals surface area contributed by atoms with Gasteiger partial charge in [-0.2, -0.15) is 4.98 Å². The molecule has 1 aliphatic heterocycles. The van der Waals surface area contributed by atoms with Crippen molar-refractivity contribution >= 4 is 21.8 Å². The molecule has 8 heteroatoms. The summed E-state index contributed by atoms with van der Waals surface area (Å²) in [6.45, 7) is 1.19. The molecule has 1 fully saturated rings. The van der Waals surface area contributed by atoms with Gasteiger partial charge in [0.15, 0.2) is 0 Å². The highest BCUT2D eigenvalue weighted by Gasteiger charge is 2.33. The standard InChI is InChI=1S/C20H20BrN5O2/c21-16-3-1-13(2-4-16)11-17(22)20(27)26-10-7-15(12-26)19-24-18(25-28-19)14-5-8-23-9-6-14/h1-6,8-9,15,17H,7,10-12,22H2/t15?,17-/m0/s1. The van der Waals surface area contributed by atoms with Crippen molar-refractivity contribution in [2.45, 2.75) is 24.8 Å². The van der Waals surface area contributed by atoms with Crippen molar-refractivity contribution in [3.05, 3.63) is 64.7 Å². The Hall–Kier alpha value is -2.58. The molecule has 1 aliphatic rings. The zero-order valence-corrected chi connectivity index (χ0v) is 16.7. The van der Waals surface area contributed by atoms with E-state index in [4.69, 9.17) is 10.3 Å². The maximum Gasteiger partial charge on any atom is 0.239 e. The molecular formula is C20H20BrN5O2. The van der Waals surface area contributed by atoms with Crippen molar-refractivity contribution in [3.63, 3.8) is 0 Å². The second kappa shape index (κ2) is 8.20. The largest absolute Gasteiger partial charge is 0.341 e. The molecule has 3 aromatic rings. The average Bonchev–Trinajstić information content (AvgIpc) is 3.39. The fraction of sp³-hybridized carbons (Fsp3) is 0.300. The van der Waals surface area contributed by atoms with E-state index in [1.807, 2.05) is 36.4 Å². The van der Waals surface area contributed by atoms with Gasteiger partial charge in [-0.1, -0.05) is 33.2 Å². The number of halogens is 1. The molecule has 1 saturated heterocycles. The monoisotopic (exact) mass is 441 g/mol. The predicted octanol–water partition coefficient (Wildman–Crippen LogP) is 2.78. The fourth-order valence-corrected chi connectivity index (χ4v) is 3.64. The maximum atomic E-state index is 12.7. The van der Waals surface area contributed by atoms with Gasteiger partial charge >= 0.3 is 0 Å². The number of likely N-dealkylation sites (tertiary alicyclic amines) is 1. The molecule has 0 aliphatic carbocycles. The molecule has 0 bridgehead atoms. The van der Waals surface area contributed by atoms with Gasteiger partial charge in [0.1, 0.15) is 0 Å². The number of rotatable bonds is 5. The third-order valence-corrected chi connectivity index (χ3v) is 5.44. The van der Waals surface area contributed by atoms with E-state index in [9.17, 15) is 4.79 Å². The average molecular weight is 442 g/mol. The summed E-state index contributed by atoms with van der Waals surface area (Å²) >= 11 is 3.41. The van der Waals surface area contributed by atoms with Crippen LogP contribution >= 0.6 is 15.9 Å². The summed E-state index contributed by atoms with van der Waals surface area (Å²) in [6.07, 6.45) is 4.68. The van der Waals surface area contributed by atoms with Crippen LogP contribution in [0.3, 0.4) is 0 Å². The second-order valence-electron chi connectivity index (χ2n) is 6.90. The lowest BCUT2D eigenvalue weighted by molar-refractivity contribution is -0.131. The van der Waals surface area contributed by atoms with Crippen LogP contribution in [0.4, 0.5) is 0 Å². The Balaban J connectivity index is 1.37. The first-order valence-corrected chi connectivity index (χ1v) is 9.92. The number of pyridine rings is 1. The molecular weight excluding hydrogens is 422 g/mol. The topological polar surface area (TPSA) is 98.1 Å². The van der Waals surface area contributed by atoms with Gasteiger partial charge in [0.25, 0.3) is 0 Å². The predicted molar refractivity (Wildman–Crippen MR) is 107 cm³/mol. The van der Waals surface area contributed by atoms with Gasteiger partial charge in [0.2, 0.25) is 17.6 Å². The molecule has 1 unspecified atom stereocenters. The van der Waals surface area contributed by atoms with Crippen LogP contribution in [0.5, 0.6) is 0 Å². The van der Waals surface area contributed by atoms with Gasteiger partial charge in [-0.25, -0.2) is 0 Å². The van der Waals surface area contributed by atoms with Crippen molar-refractivity contribution in [2.24, 2.45) is 5.73 Å². The molecule has 2 N–H and O–H groups in total. The van der Waals surface area contributed by atoms with Gasteiger partial charge < -0.3 is 15.2 Å². The molecule has 3 heterocycles. The van der Waals surface area contributed by atoms with Crippen LogP contribution in [0.25, 0.3) is 11.4 Å². The van der Waals surface area contributed by atoms with E-state index >= 15 is 0 Å². The number of benzene rings is 1. The number of nitrogens with two attached hydrogens (primary N) is 1. The molecule has 2 atom stereocenters. The van der Waals surface area contributed by atoms with Gasteiger partial charge in [-0.3, -0.25) is 9.78 Å². The number of carbonyl (C=O) groups excluding carboxylic acids is 1. The lowest BCUT2D eigenvalue weighted by Crippen LogP contribution is -2.43. The SMILES string of the molecule is N[C@@H](Cc1ccc(Br)cc1)C(=O)N1CCC(c2nc(-c3ccncc3)no2)C1. The van der Waals surface area contributed by atoms with Crippen molar-refractivity contribution in [2.75, 3.05) is 13.1 Å². The zero-order chi connectivity index (χ0) is 19.5. The van der Waals surface area contributed by atoms with Gasteiger partial charge in [-0.15, -0.1) is 0 Å². The molecule has 28 heavy (non-hydrogen) atoms. The Morgan fingerprint density at radius 1 is 1.25 bits per heavy atom. The van der Waals surface area contributed by atoms with Crippen LogP contribution in [-0.2, 0) is 11.2 Å². The van der Waals surface area contributed by atoms with Gasteiger partial charge in [0, 0.05) is 35.5 Å². The second-order valence-corrected chi connectivity index (χ2v) is 7.81. The highest BCUT2D eigenvalue weighted by Crippen LogP contribution is 2.28. The molecule has 0 spiro atoms. The minimum atomic E-state index is -0.560. The third-order valence-electron chi connectivity index (χ3n) is 4.92. The Kier molecular flexibility index (Phi) is 5.50. The van der Waals surface area contributed by atoms with Gasteiger partial charge in [0.05, 0.1) is 12.0 Å². The summed E-state index contributed by atoms with van der Waals surface area (Å²) < 4.78 is 6.45. The molecule has 4 rings (SSSR count). The number of amides is 1. The van der Waals surface area contributed by atoms with Crippen molar-refractivity contribution < 1.29 is 9.32 Å². The molecule has 0 saturated carbocycles. The minimum Gasteiger partial charge on any atom is -0.341 e. The van der Waals surface area contributed by atoms with E-state index in [0.29, 0.717) is 31.2 Å². The lowest BCUT2D eigenvalue weighted by Gasteiger charge is -2.20. The molecule has 2 aromatic heterocycles. The Morgan fingerprint density at radius 2 is 2.00 bits per heavy atom. The lowest BCUT2D eigenvalue weighted by atomic mass is 10.1. The van der Waals surface area contributed by atoms with Crippen LogP contribution in [0.1, 0.15) is 23.8 Å². The van der Waals surface area contributed by atoms with Crippen molar-refractivity contribution in [1.29, 1.82) is 0 Å². The number of aromatic nitrogens is 3.